The first-order valence-electron chi connectivity index (χ1n) is 11.4. The Morgan fingerprint density at radius 3 is 2.37 bits per heavy atom. The third-order valence-electron chi connectivity index (χ3n) is 5.50. The van der Waals surface area contributed by atoms with Crippen LogP contribution in [0.15, 0.2) is 69.6 Å². The number of hydrogen-bond donors (Lipinski definition) is 0. The molecule has 0 bridgehead atoms. The molecule has 1 aliphatic rings. The molecule has 0 radical (unpaired) electrons. The van der Waals surface area contributed by atoms with Gasteiger partial charge in [0.25, 0.3) is 5.56 Å². The van der Waals surface area contributed by atoms with Gasteiger partial charge in [0.2, 0.25) is 0 Å². The maximum absolute atomic E-state index is 13.6. The molecule has 0 spiro atoms. The Hall–Kier alpha value is -3.65. The number of fused-ring (bicyclic) bond motifs is 1. The highest BCUT2D eigenvalue weighted by atomic mass is 32.1. The van der Waals surface area contributed by atoms with Crippen molar-refractivity contribution in [1.29, 1.82) is 0 Å². The standard InChI is InChI=1S/C27H28N2O5S/c1-6-33-26(31)23-17(4)28-27-29(24(23)19-9-13-20(32-5)14-10-19)25(30)22(35-27)15-18-7-11-21(12-8-18)34-16(2)3/h7-16,24H,6H2,1-5H3/b22-15-/t24-/m1/s1. The Kier molecular flexibility index (Phi) is 7.21. The molecule has 35 heavy (non-hydrogen) atoms. The van der Waals surface area contributed by atoms with Gasteiger partial charge in [-0.25, -0.2) is 9.79 Å². The summed E-state index contributed by atoms with van der Waals surface area (Å²) in [5.41, 5.74) is 2.31. The van der Waals surface area contributed by atoms with Crippen LogP contribution in [0.25, 0.3) is 6.08 Å². The largest absolute Gasteiger partial charge is 0.497 e. The van der Waals surface area contributed by atoms with Crippen LogP contribution in [0.4, 0.5) is 0 Å². The SMILES string of the molecule is CCOC(=O)C1=C(C)N=c2s/c(=C\c3ccc(OC(C)C)cc3)c(=O)n2[C@@H]1c1ccc(OC)cc1. The van der Waals surface area contributed by atoms with Gasteiger partial charge >= 0.3 is 5.97 Å². The minimum atomic E-state index is -0.653. The van der Waals surface area contributed by atoms with Crippen LogP contribution in [0.1, 0.15) is 44.9 Å². The molecule has 4 rings (SSSR count). The van der Waals surface area contributed by atoms with E-state index in [1.165, 1.54) is 11.3 Å². The number of methoxy groups -OCH3 is 1. The zero-order valence-corrected chi connectivity index (χ0v) is 21.2. The quantitative estimate of drug-likeness (QED) is 0.471. The van der Waals surface area contributed by atoms with Gasteiger partial charge in [-0.1, -0.05) is 35.6 Å². The molecular weight excluding hydrogens is 464 g/mol. The van der Waals surface area contributed by atoms with E-state index in [4.69, 9.17) is 14.2 Å². The van der Waals surface area contributed by atoms with E-state index in [-0.39, 0.29) is 18.3 Å². The molecule has 0 aliphatic carbocycles. The molecule has 182 valence electrons. The summed E-state index contributed by atoms with van der Waals surface area (Å²) in [5, 5.41) is 0. The van der Waals surface area contributed by atoms with Crippen LogP contribution in [0.5, 0.6) is 11.5 Å². The number of nitrogens with zero attached hydrogens (tertiary/aromatic N) is 2. The number of esters is 1. The fourth-order valence-electron chi connectivity index (χ4n) is 3.96. The van der Waals surface area contributed by atoms with Crippen LogP contribution < -0.4 is 24.4 Å². The molecular formula is C27H28N2O5S. The van der Waals surface area contributed by atoms with Crippen LogP contribution in [0.3, 0.4) is 0 Å². The highest BCUT2D eigenvalue weighted by Gasteiger charge is 2.33. The number of carbonyl (C=O) groups is 1. The summed E-state index contributed by atoms with van der Waals surface area (Å²) < 4.78 is 18.4. The number of hydrogen-bond acceptors (Lipinski definition) is 7. The molecule has 0 N–H and O–H groups in total. The Morgan fingerprint density at radius 1 is 1.11 bits per heavy atom. The van der Waals surface area contributed by atoms with Gasteiger partial charge in [-0.05, 0) is 69.2 Å². The fourth-order valence-corrected chi connectivity index (χ4v) is 5.01. The van der Waals surface area contributed by atoms with Crippen LogP contribution >= 0.6 is 11.3 Å². The van der Waals surface area contributed by atoms with Crippen molar-refractivity contribution in [3.8, 4) is 11.5 Å². The minimum Gasteiger partial charge on any atom is -0.497 e. The number of aromatic nitrogens is 1. The Bertz CT molecular complexity index is 1430. The van der Waals surface area contributed by atoms with Gasteiger partial charge in [0.15, 0.2) is 4.80 Å². The minimum absolute atomic E-state index is 0.0827. The second-order valence-electron chi connectivity index (χ2n) is 8.31. The van der Waals surface area contributed by atoms with Gasteiger partial charge in [-0.2, -0.15) is 0 Å². The lowest BCUT2D eigenvalue weighted by Gasteiger charge is -2.24. The summed E-state index contributed by atoms with van der Waals surface area (Å²) in [4.78, 5) is 31.7. The van der Waals surface area contributed by atoms with Crippen LogP contribution in [0.2, 0.25) is 0 Å². The van der Waals surface area contributed by atoms with E-state index in [9.17, 15) is 9.59 Å². The monoisotopic (exact) mass is 492 g/mol. The van der Waals surface area contributed by atoms with Crippen molar-refractivity contribution in [2.75, 3.05) is 13.7 Å². The zero-order valence-electron chi connectivity index (χ0n) is 20.4. The molecule has 0 saturated carbocycles. The fraction of sp³-hybridized carbons (Fsp3) is 0.296. The number of thiazole rings is 1. The van der Waals surface area contributed by atoms with Crippen molar-refractivity contribution in [2.45, 2.75) is 39.8 Å². The van der Waals surface area contributed by atoms with Crippen molar-refractivity contribution < 1.29 is 19.0 Å². The van der Waals surface area contributed by atoms with E-state index in [1.807, 2.05) is 68.5 Å². The number of rotatable bonds is 7. The Balaban J connectivity index is 1.85. The average Bonchev–Trinajstić information content (AvgIpc) is 3.13. The van der Waals surface area contributed by atoms with Gasteiger partial charge in [-0.15, -0.1) is 0 Å². The molecule has 1 aromatic heterocycles. The maximum atomic E-state index is 13.6. The summed E-state index contributed by atoms with van der Waals surface area (Å²) in [6.45, 7) is 7.70. The third-order valence-corrected chi connectivity index (χ3v) is 6.48. The smallest absolute Gasteiger partial charge is 0.338 e. The number of carbonyl (C=O) groups excluding carboxylic acids is 1. The van der Waals surface area contributed by atoms with Crippen LogP contribution in [-0.2, 0) is 9.53 Å². The van der Waals surface area contributed by atoms with Crippen molar-refractivity contribution in [2.24, 2.45) is 4.99 Å². The lowest BCUT2D eigenvalue weighted by atomic mass is 9.96. The molecule has 7 nitrogen and oxygen atoms in total. The van der Waals surface area contributed by atoms with E-state index >= 15 is 0 Å². The number of benzene rings is 2. The van der Waals surface area contributed by atoms with Gasteiger partial charge < -0.3 is 14.2 Å². The topological polar surface area (TPSA) is 79.1 Å². The second-order valence-corrected chi connectivity index (χ2v) is 9.32. The lowest BCUT2D eigenvalue weighted by Crippen LogP contribution is -2.39. The van der Waals surface area contributed by atoms with Crippen LogP contribution in [0, 0.1) is 0 Å². The normalized spacial score (nSPS) is 15.6. The van der Waals surface area contributed by atoms with Gasteiger partial charge in [0.05, 0.1) is 41.7 Å². The Labute approximate surface area is 207 Å². The van der Waals surface area contributed by atoms with Gasteiger partial charge in [0, 0.05) is 0 Å². The summed E-state index contributed by atoms with van der Waals surface area (Å²) in [6.07, 6.45) is 1.91. The molecule has 2 heterocycles. The second kappa shape index (κ2) is 10.3. The van der Waals surface area contributed by atoms with Gasteiger partial charge in [-0.3, -0.25) is 9.36 Å². The first-order valence-corrected chi connectivity index (χ1v) is 12.2. The first-order chi connectivity index (χ1) is 16.8. The maximum Gasteiger partial charge on any atom is 0.338 e. The third kappa shape index (κ3) is 5.07. The molecule has 2 aromatic carbocycles. The molecule has 8 heteroatoms. The van der Waals surface area contributed by atoms with E-state index in [0.29, 0.717) is 26.4 Å². The predicted octanol–water partition coefficient (Wildman–Crippen LogP) is 3.59. The van der Waals surface area contributed by atoms with Crippen LogP contribution in [-0.4, -0.2) is 30.4 Å². The van der Waals surface area contributed by atoms with Crippen molar-refractivity contribution in [3.05, 3.63) is 90.6 Å². The summed E-state index contributed by atoms with van der Waals surface area (Å²) in [7, 11) is 1.59. The number of ether oxygens (including phenoxy) is 3. The highest BCUT2D eigenvalue weighted by molar-refractivity contribution is 7.07. The molecule has 0 amide bonds. The molecule has 1 atom stereocenters. The summed E-state index contributed by atoms with van der Waals surface area (Å²) in [6, 6.07) is 14.3. The van der Waals surface area contributed by atoms with Crippen molar-refractivity contribution >= 4 is 23.4 Å². The van der Waals surface area contributed by atoms with E-state index in [1.54, 1.807) is 25.5 Å². The summed E-state index contributed by atoms with van der Waals surface area (Å²) in [5.74, 6) is 0.974. The van der Waals surface area contributed by atoms with E-state index in [0.717, 1.165) is 16.9 Å². The molecule has 0 unspecified atom stereocenters. The molecule has 0 saturated heterocycles. The Morgan fingerprint density at radius 2 is 1.77 bits per heavy atom. The van der Waals surface area contributed by atoms with Crippen molar-refractivity contribution in [1.82, 2.24) is 4.57 Å². The summed E-state index contributed by atoms with van der Waals surface area (Å²) >= 11 is 1.29. The molecule has 1 aliphatic heterocycles. The zero-order chi connectivity index (χ0) is 25.1. The molecule has 3 aromatic rings. The van der Waals surface area contributed by atoms with E-state index < -0.39 is 12.0 Å². The first kappa shape index (κ1) is 24.5. The predicted molar refractivity (Wildman–Crippen MR) is 136 cm³/mol. The van der Waals surface area contributed by atoms with E-state index in [2.05, 4.69) is 4.99 Å². The van der Waals surface area contributed by atoms with Gasteiger partial charge in [0.1, 0.15) is 11.5 Å². The van der Waals surface area contributed by atoms with Crippen molar-refractivity contribution in [3.63, 3.8) is 0 Å². The molecule has 0 fully saturated rings. The number of allylic oxidation sites excluding steroid dienone is 1. The average molecular weight is 493 g/mol. The highest BCUT2D eigenvalue weighted by Crippen LogP contribution is 2.31. The lowest BCUT2D eigenvalue weighted by molar-refractivity contribution is -0.139.